The predicted octanol–water partition coefficient (Wildman–Crippen LogP) is 4.55. The fraction of sp³-hybridized carbons (Fsp3) is 0.316. The summed E-state index contributed by atoms with van der Waals surface area (Å²) in [5.41, 5.74) is 4.66. The molecule has 0 heterocycles. The van der Waals surface area contributed by atoms with E-state index in [1.807, 2.05) is 31.2 Å². The Morgan fingerprint density at radius 2 is 1.81 bits per heavy atom. The molecule has 0 amide bonds. The van der Waals surface area contributed by atoms with Crippen molar-refractivity contribution in [1.82, 2.24) is 0 Å². The topological polar surface area (TPSA) is 33.0 Å². The third-order valence-electron chi connectivity index (χ3n) is 3.64. The molecule has 2 aromatic rings. The van der Waals surface area contributed by atoms with Gasteiger partial charge in [-0.25, -0.2) is 0 Å². The molecule has 1 unspecified atom stereocenters. The first-order chi connectivity index (χ1) is 10.1. The average Bonchev–Trinajstić information content (AvgIpc) is 2.49. The number of benzene rings is 2. The van der Waals surface area contributed by atoms with Crippen LogP contribution < -0.4 is 4.74 Å². The van der Waals surface area contributed by atoms with E-state index >= 15 is 0 Å². The van der Waals surface area contributed by atoms with Gasteiger partial charge in [-0.3, -0.25) is 0 Å². The summed E-state index contributed by atoms with van der Waals surface area (Å²) in [6.07, 6.45) is 0.729. The van der Waals surface area contributed by atoms with Crippen molar-refractivity contribution >= 4 is 0 Å². The van der Waals surface area contributed by atoms with E-state index in [2.05, 4.69) is 38.1 Å². The third-order valence-corrected chi connectivity index (χ3v) is 3.64. The average molecular weight is 279 g/mol. The molecule has 0 aromatic heterocycles. The van der Waals surface area contributed by atoms with Crippen molar-refractivity contribution in [3.05, 3.63) is 64.7 Å². The van der Waals surface area contributed by atoms with E-state index in [-0.39, 0.29) is 5.92 Å². The first-order valence-electron chi connectivity index (χ1n) is 7.32. The van der Waals surface area contributed by atoms with Gasteiger partial charge in [0.25, 0.3) is 0 Å². The number of nitriles is 1. The molecule has 0 aliphatic rings. The lowest BCUT2D eigenvalue weighted by Gasteiger charge is -2.14. The monoisotopic (exact) mass is 279 g/mol. The van der Waals surface area contributed by atoms with E-state index in [0.717, 1.165) is 23.3 Å². The molecular formula is C19H21NO. The van der Waals surface area contributed by atoms with E-state index in [0.29, 0.717) is 6.61 Å². The van der Waals surface area contributed by atoms with Crippen molar-refractivity contribution in [1.29, 1.82) is 5.26 Å². The Kier molecular flexibility index (Phi) is 5.00. The summed E-state index contributed by atoms with van der Waals surface area (Å²) >= 11 is 0. The molecule has 2 heteroatoms. The highest BCUT2D eigenvalue weighted by Crippen LogP contribution is 2.25. The molecule has 2 nitrogen and oxygen atoms in total. The number of hydrogen-bond donors (Lipinski definition) is 0. The van der Waals surface area contributed by atoms with E-state index in [1.165, 1.54) is 11.1 Å². The molecular weight excluding hydrogens is 258 g/mol. The highest BCUT2D eigenvalue weighted by atomic mass is 16.5. The van der Waals surface area contributed by atoms with E-state index in [9.17, 15) is 5.26 Å². The van der Waals surface area contributed by atoms with Crippen LogP contribution in [0.2, 0.25) is 0 Å². The molecule has 0 aliphatic heterocycles. The largest absolute Gasteiger partial charge is 0.494 e. The predicted molar refractivity (Wildman–Crippen MR) is 85.6 cm³/mol. The Morgan fingerprint density at radius 3 is 2.43 bits per heavy atom. The molecule has 108 valence electrons. The molecule has 0 saturated heterocycles. The first kappa shape index (κ1) is 15.1. The van der Waals surface area contributed by atoms with Crippen LogP contribution >= 0.6 is 0 Å². The van der Waals surface area contributed by atoms with Crippen molar-refractivity contribution in [2.24, 2.45) is 0 Å². The van der Waals surface area contributed by atoms with Gasteiger partial charge in [-0.15, -0.1) is 0 Å². The van der Waals surface area contributed by atoms with Crippen LogP contribution in [-0.4, -0.2) is 6.61 Å². The zero-order chi connectivity index (χ0) is 15.2. The highest BCUT2D eigenvalue weighted by molar-refractivity contribution is 5.38. The van der Waals surface area contributed by atoms with Crippen LogP contribution in [-0.2, 0) is 6.42 Å². The zero-order valence-corrected chi connectivity index (χ0v) is 12.9. The van der Waals surface area contributed by atoms with Gasteiger partial charge in [-0.1, -0.05) is 35.9 Å². The lowest BCUT2D eigenvalue weighted by molar-refractivity contribution is 0.340. The molecule has 0 bridgehead atoms. The molecule has 0 saturated carbocycles. The first-order valence-corrected chi connectivity index (χ1v) is 7.32. The fourth-order valence-electron chi connectivity index (χ4n) is 2.48. The quantitative estimate of drug-likeness (QED) is 0.804. The van der Waals surface area contributed by atoms with E-state index in [1.54, 1.807) is 0 Å². The van der Waals surface area contributed by atoms with Crippen LogP contribution in [0.3, 0.4) is 0 Å². The van der Waals surface area contributed by atoms with Crippen molar-refractivity contribution in [2.75, 3.05) is 6.61 Å². The maximum Gasteiger partial charge on any atom is 0.119 e. The molecule has 2 aromatic carbocycles. The van der Waals surface area contributed by atoms with Gasteiger partial charge in [0.05, 0.1) is 18.6 Å². The van der Waals surface area contributed by atoms with Crippen LogP contribution in [0.15, 0.2) is 42.5 Å². The molecule has 0 radical (unpaired) electrons. The van der Waals surface area contributed by atoms with Crippen molar-refractivity contribution in [2.45, 2.75) is 33.1 Å². The second-order valence-electron chi connectivity index (χ2n) is 5.32. The Hall–Kier alpha value is -2.27. The molecule has 0 aliphatic carbocycles. The van der Waals surface area contributed by atoms with Crippen molar-refractivity contribution < 1.29 is 4.74 Å². The molecule has 1 atom stereocenters. The Labute approximate surface area is 127 Å². The van der Waals surface area contributed by atoms with Crippen LogP contribution in [0.25, 0.3) is 0 Å². The Bertz CT molecular complexity index is 638. The van der Waals surface area contributed by atoms with Gasteiger partial charge < -0.3 is 4.74 Å². The second-order valence-corrected chi connectivity index (χ2v) is 5.32. The Morgan fingerprint density at radius 1 is 1.10 bits per heavy atom. The SMILES string of the molecule is CCOc1ccc(CC(C#N)c2cc(C)ccc2C)cc1. The molecule has 0 fully saturated rings. The summed E-state index contributed by atoms with van der Waals surface area (Å²) in [7, 11) is 0. The van der Waals surface area contributed by atoms with Crippen LogP contribution in [0, 0.1) is 25.2 Å². The summed E-state index contributed by atoms with van der Waals surface area (Å²) in [6, 6.07) is 16.8. The van der Waals surface area contributed by atoms with Crippen LogP contribution in [0.5, 0.6) is 5.75 Å². The van der Waals surface area contributed by atoms with Crippen molar-refractivity contribution in [3.8, 4) is 11.8 Å². The highest BCUT2D eigenvalue weighted by Gasteiger charge is 2.14. The normalized spacial score (nSPS) is 11.7. The Balaban J connectivity index is 2.19. The van der Waals surface area contributed by atoms with Crippen molar-refractivity contribution in [3.63, 3.8) is 0 Å². The van der Waals surface area contributed by atoms with Gasteiger partial charge >= 0.3 is 0 Å². The number of ether oxygens (including phenoxy) is 1. The summed E-state index contributed by atoms with van der Waals surface area (Å²) in [5.74, 6) is 0.768. The standard InChI is InChI=1S/C19H21NO/c1-4-21-18-9-7-16(8-10-18)12-17(13-20)19-11-14(2)5-6-15(19)3/h5-11,17H,4,12H2,1-3H3. The molecule has 21 heavy (non-hydrogen) atoms. The zero-order valence-electron chi connectivity index (χ0n) is 12.9. The summed E-state index contributed by atoms with van der Waals surface area (Å²) in [5, 5.41) is 9.52. The number of hydrogen-bond acceptors (Lipinski definition) is 2. The van der Waals surface area contributed by atoms with E-state index < -0.39 is 0 Å². The third kappa shape index (κ3) is 3.86. The number of aryl methyl sites for hydroxylation is 2. The fourth-order valence-corrected chi connectivity index (χ4v) is 2.48. The van der Waals surface area contributed by atoms with Gasteiger partial charge in [0.1, 0.15) is 5.75 Å². The summed E-state index contributed by atoms with van der Waals surface area (Å²) < 4.78 is 5.45. The number of rotatable bonds is 5. The minimum absolute atomic E-state index is 0.108. The van der Waals surface area contributed by atoms with Crippen LogP contribution in [0.4, 0.5) is 0 Å². The molecule has 2 rings (SSSR count). The summed E-state index contributed by atoms with van der Waals surface area (Å²) in [4.78, 5) is 0. The van der Waals surface area contributed by atoms with Gasteiger partial charge in [0, 0.05) is 0 Å². The van der Waals surface area contributed by atoms with Gasteiger partial charge in [0.2, 0.25) is 0 Å². The molecule has 0 spiro atoms. The maximum atomic E-state index is 9.52. The lowest BCUT2D eigenvalue weighted by Crippen LogP contribution is -2.03. The minimum Gasteiger partial charge on any atom is -0.494 e. The smallest absolute Gasteiger partial charge is 0.119 e. The minimum atomic E-state index is -0.108. The number of nitrogens with zero attached hydrogens (tertiary/aromatic N) is 1. The second kappa shape index (κ2) is 6.95. The van der Waals surface area contributed by atoms with Crippen LogP contribution in [0.1, 0.15) is 35.1 Å². The van der Waals surface area contributed by atoms with Gasteiger partial charge in [0.15, 0.2) is 0 Å². The molecule has 0 N–H and O–H groups in total. The van der Waals surface area contributed by atoms with Gasteiger partial charge in [-0.2, -0.15) is 5.26 Å². The van der Waals surface area contributed by atoms with E-state index in [4.69, 9.17) is 4.74 Å². The maximum absolute atomic E-state index is 9.52. The van der Waals surface area contributed by atoms with Gasteiger partial charge in [-0.05, 0) is 56.0 Å². The lowest BCUT2D eigenvalue weighted by atomic mass is 9.89. The summed E-state index contributed by atoms with van der Waals surface area (Å²) in [6.45, 7) is 6.77.